The van der Waals surface area contributed by atoms with Crippen LogP contribution in [0.4, 0.5) is 0 Å². The maximum Gasteiger partial charge on any atom is 0.155 e. The normalized spacial score (nSPS) is 12.9. The highest BCUT2D eigenvalue weighted by Crippen LogP contribution is 2.13. The molecule has 98 valence electrons. The van der Waals surface area contributed by atoms with Gasteiger partial charge in [-0.25, -0.2) is 9.50 Å². The van der Waals surface area contributed by atoms with Crippen molar-refractivity contribution < 1.29 is 4.42 Å². The molecule has 0 saturated carbocycles. The van der Waals surface area contributed by atoms with E-state index in [1.165, 1.54) is 0 Å². The van der Waals surface area contributed by atoms with Gasteiger partial charge in [0.1, 0.15) is 5.76 Å². The topological polar surface area (TPSA) is 55.4 Å². The van der Waals surface area contributed by atoms with Gasteiger partial charge in [0.05, 0.1) is 18.0 Å². The highest BCUT2D eigenvalue weighted by Gasteiger charge is 2.08. The Bertz CT molecular complexity index is 672. The van der Waals surface area contributed by atoms with E-state index < -0.39 is 0 Å². The van der Waals surface area contributed by atoms with Crippen molar-refractivity contribution in [2.45, 2.75) is 26.4 Å². The second kappa shape index (κ2) is 4.85. The van der Waals surface area contributed by atoms with Crippen molar-refractivity contribution in [3.8, 4) is 0 Å². The first-order valence-electron chi connectivity index (χ1n) is 6.30. The number of nitrogens with zero attached hydrogens (tertiary/aromatic N) is 3. The Morgan fingerprint density at radius 3 is 3.16 bits per heavy atom. The van der Waals surface area contributed by atoms with Gasteiger partial charge in [0.25, 0.3) is 0 Å². The molecular formula is C14H16N4O. The molecule has 0 amide bonds. The zero-order valence-corrected chi connectivity index (χ0v) is 11.0. The van der Waals surface area contributed by atoms with E-state index in [9.17, 15) is 0 Å². The fourth-order valence-corrected chi connectivity index (χ4v) is 2.03. The summed E-state index contributed by atoms with van der Waals surface area (Å²) in [6, 6.07) is 6.00. The minimum atomic E-state index is 0.171. The zero-order chi connectivity index (χ0) is 13.2. The molecule has 0 radical (unpaired) electrons. The third-order valence-electron chi connectivity index (χ3n) is 3.07. The quantitative estimate of drug-likeness (QED) is 0.779. The molecule has 19 heavy (non-hydrogen) atoms. The van der Waals surface area contributed by atoms with E-state index in [2.05, 4.69) is 22.3 Å². The smallest absolute Gasteiger partial charge is 0.155 e. The Morgan fingerprint density at radius 1 is 1.47 bits per heavy atom. The molecule has 3 aromatic rings. The average Bonchev–Trinajstić information content (AvgIpc) is 3.03. The Hall–Kier alpha value is -2.14. The lowest BCUT2D eigenvalue weighted by Crippen LogP contribution is -2.18. The van der Waals surface area contributed by atoms with Crippen LogP contribution in [-0.4, -0.2) is 14.6 Å². The van der Waals surface area contributed by atoms with Crippen LogP contribution in [0.2, 0.25) is 0 Å². The fourth-order valence-electron chi connectivity index (χ4n) is 2.03. The highest BCUT2D eigenvalue weighted by atomic mass is 16.3. The van der Waals surface area contributed by atoms with Gasteiger partial charge < -0.3 is 9.73 Å². The molecular weight excluding hydrogens is 240 g/mol. The van der Waals surface area contributed by atoms with Crippen LogP contribution in [0, 0.1) is 6.92 Å². The van der Waals surface area contributed by atoms with Crippen LogP contribution < -0.4 is 5.32 Å². The number of fused-ring (bicyclic) bond motifs is 1. The first kappa shape index (κ1) is 11.9. The van der Waals surface area contributed by atoms with Gasteiger partial charge in [-0.2, -0.15) is 5.10 Å². The summed E-state index contributed by atoms with van der Waals surface area (Å²) in [7, 11) is 0. The lowest BCUT2D eigenvalue weighted by molar-refractivity contribution is 0.430. The summed E-state index contributed by atoms with van der Waals surface area (Å²) in [5.74, 6) is 0.934. The van der Waals surface area contributed by atoms with Crippen LogP contribution in [0.5, 0.6) is 0 Å². The summed E-state index contributed by atoms with van der Waals surface area (Å²) in [6.45, 7) is 4.76. The molecule has 1 atom stereocenters. The third-order valence-corrected chi connectivity index (χ3v) is 3.07. The van der Waals surface area contributed by atoms with Crippen molar-refractivity contribution in [1.29, 1.82) is 0 Å². The van der Waals surface area contributed by atoms with Crippen LogP contribution in [0.25, 0.3) is 5.65 Å². The van der Waals surface area contributed by atoms with Gasteiger partial charge in [-0.15, -0.1) is 0 Å². The molecule has 0 saturated heterocycles. The van der Waals surface area contributed by atoms with Crippen LogP contribution in [-0.2, 0) is 6.54 Å². The highest BCUT2D eigenvalue weighted by molar-refractivity contribution is 5.38. The van der Waals surface area contributed by atoms with Crippen LogP contribution in [0.3, 0.4) is 0 Å². The molecule has 0 bridgehead atoms. The first-order chi connectivity index (χ1) is 9.22. The molecule has 0 spiro atoms. The summed E-state index contributed by atoms with van der Waals surface area (Å²) in [6.07, 6.45) is 5.56. The molecule has 3 rings (SSSR count). The fraction of sp³-hybridized carbons (Fsp3) is 0.286. The Balaban J connectivity index is 1.71. The molecule has 0 aliphatic carbocycles. The summed E-state index contributed by atoms with van der Waals surface area (Å²) in [4.78, 5) is 4.38. The summed E-state index contributed by atoms with van der Waals surface area (Å²) in [5, 5.41) is 7.76. The van der Waals surface area contributed by atoms with Crippen molar-refractivity contribution in [3.63, 3.8) is 0 Å². The van der Waals surface area contributed by atoms with Gasteiger partial charge in [-0.05, 0) is 26.0 Å². The van der Waals surface area contributed by atoms with Crippen LogP contribution in [0.15, 0.2) is 41.3 Å². The number of hydrogen-bond acceptors (Lipinski definition) is 4. The predicted octanol–water partition coefficient (Wildman–Crippen LogP) is 2.48. The van der Waals surface area contributed by atoms with Crippen molar-refractivity contribution in [2.24, 2.45) is 0 Å². The number of hydrogen-bond donors (Lipinski definition) is 1. The Labute approximate surface area is 111 Å². The summed E-state index contributed by atoms with van der Waals surface area (Å²) < 4.78 is 7.17. The van der Waals surface area contributed by atoms with Gasteiger partial charge in [0.15, 0.2) is 5.65 Å². The van der Waals surface area contributed by atoms with E-state index in [1.807, 2.05) is 42.0 Å². The first-order valence-corrected chi connectivity index (χ1v) is 6.30. The van der Waals surface area contributed by atoms with Crippen molar-refractivity contribution >= 4 is 5.65 Å². The lowest BCUT2D eigenvalue weighted by atomic mass is 10.2. The second-order valence-corrected chi connectivity index (χ2v) is 4.67. The number of rotatable bonds is 4. The van der Waals surface area contributed by atoms with Gasteiger partial charge in [0, 0.05) is 30.6 Å². The summed E-state index contributed by atoms with van der Waals surface area (Å²) in [5.41, 5.74) is 2.94. The summed E-state index contributed by atoms with van der Waals surface area (Å²) >= 11 is 0. The largest absolute Gasteiger partial charge is 0.468 e. The van der Waals surface area contributed by atoms with Crippen LogP contribution >= 0.6 is 0 Å². The number of nitrogens with one attached hydrogen (secondary N) is 1. The molecule has 0 aromatic carbocycles. The van der Waals surface area contributed by atoms with E-state index in [1.54, 1.807) is 6.26 Å². The van der Waals surface area contributed by atoms with Gasteiger partial charge in [0.2, 0.25) is 0 Å². The average molecular weight is 256 g/mol. The van der Waals surface area contributed by atoms with E-state index in [0.717, 1.165) is 29.2 Å². The maximum atomic E-state index is 5.36. The molecule has 3 heterocycles. The van der Waals surface area contributed by atoms with Crippen molar-refractivity contribution in [2.75, 3.05) is 0 Å². The molecule has 1 N–H and O–H groups in total. The molecule has 0 aliphatic heterocycles. The molecule has 5 nitrogen and oxygen atoms in total. The predicted molar refractivity (Wildman–Crippen MR) is 71.7 cm³/mol. The lowest BCUT2D eigenvalue weighted by Gasteiger charge is -2.11. The Kier molecular flexibility index (Phi) is 3.05. The van der Waals surface area contributed by atoms with Gasteiger partial charge in [-0.3, -0.25) is 0 Å². The number of furan rings is 1. The monoisotopic (exact) mass is 256 g/mol. The van der Waals surface area contributed by atoms with Gasteiger partial charge in [-0.1, -0.05) is 0 Å². The minimum Gasteiger partial charge on any atom is -0.468 e. The number of aryl methyl sites for hydroxylation is 1. The van der Waals surface area contributed by atoms with E-state index in [4.69, 9.17) is 4.42 Å². The number of aromatic nitrogens is 3. The van der Waals surface area contributed by atoms with Crippen molar-refractivity contribution in [1.82, 2.24) is 19.9 Å². The Morgan fingerprint density at radius 2 is 2.37 bits per heavy atom. The van der Waals surface area contributed by atoms with E-state index >= 15 is 0 Å². The second-order valence-electron chi connectivity index (χ2n) is 4.67. The molecule has 0 aliphatic rings. The molecule has 0 fully saturated rings. The SMILES string of the molecule is Cc1cc2ncc(CNC(C)c3ccco3)cn2n1. The van der Waals surface area contributed by atoms with Crippen molar-refractivity contribution in [3.05, 3.63) is 53.9 Å². The van der Waals surface area contributed by atoms with Crippen LogP contribution in [0.1, 0.15) is 30.0 Å². The van der Waals surface area contributed by atoms with Gasteiger partial charge >= 0.3 is 0 Å². The molecule has 1 unspecified atom stereocenters. The minimum absolute atomic E-state index is 0.171. The molecule has 5 heteroatoms. The molecule has 3 aromatic heterocycles. The zero-order valence-electron chi connectivity index (χ0n) is 11.0. The van der Waals surface area contributed by atoms with E-state index in [-0.39, 0.29) is 6.04 Å². The van der Waals surface area contributed by atoms with E-state index in [0.29, 0.717) is 0 Å². The maximum absolute atomic E-state index is 5.36. The third kappa shape index (κ3) is 2.51. The standard InChI is InChI=1S/C14H16N4O/c1-10-6-14-16-8-12(9-18(14)17-10)7-15-11(2)13-4-3-5-19-13/h3-6,8-9,11,15H,7H2,1-2H3.